The highest BCUT2D eigenvalue weighted by Gasteiger charge is 2.77. The zero-order valence-corrected chi connectivity index (χ0v) is 19.5. The van der Waals surface area contributed by atoms with Gasteiger partial charge in [-0.25, -0.2) is 0 Å². The number of carbonyl (C=O) groups excluding carboxylic acids is 3. The van der Waals surface area contributed by atoms with E-state index < -0.39 is 41.6 Å². The minimum absolute atomic E-state index is 0.152. The van der Waals surface area contributed by atoms with E-state index in [0.717, 1.165) is 19.3 Å². The van der Waals surface area contributed by atoms with Crippen molar-refractivity contribution < 1.29 is 29.0 Å². The van der Waals surface area contributed by atoms with E-state index in [1.54, 1.807) is 6.92 Å². The molecule has 8 nitrogen and oxygen atoms in total. The Morgan fingerprint density at radius 3 is 2.70 bits per heavy atom. The number of aliphatic hydroxyl groups excluding tert-OH is 1. The Bertz CT molecular complexity index is 672. The lowest BCUT2D eigenvalue weighted by Gasteiger charge is -2.36. The second-order valence-electron chi connectivity index (χ2n) is 8.40. The summed E-state index contributed by atoms with van der Waals surface area (Å²) in [5.41, 5.74) is -1.09. The molecule has 0 aliphatic carbocycles. The third kappa shape index (κ3) is 3.66. The van der Waals surface area contributed by atoms with Crippen molar-refractivity contribution in [1.29, 1.82) is 0 Å². The monoisotopic (exact) mass is 488 g/mol. The topological polar surface area (TPSA) is 105 Å². The van der Waals surface area contributed by atoms with Gasteiger partial charge < -0.3 is 24.8 Å². The van der Waals surface area contributed by atoms with E-state index >= 15 is 0 Å². The minimum atomic E-state index is -1.09. The molecule has 0 saturated carbocycles. The number of halogens is 1. The largest absolute Gasteiger partial charge is 0.466 e. The molecule has 30 heavy (non-hydrogen) atoms. The van der Waals surface area contributed by atoms with E-state index in [1.165, 1.54) is 4.90 Å². The van der Waals surface area contributed by atoms with Crippen molar-refractivity contribution in [1.82, 2.24) is 10.2 Å². The smallest absolute Gasteiger partial charge is 0.312 e. The van der Waals surface area contributed by atoms with E-state index in [4.69, 9.17) is 9.47 Å². The quantitative estimate of drug-likeness (QED) is 0.273. The molecular weight excluding hydrogens is 456 g/mol. The van der Waals surface area contributed by atoms with Crippen molar-refractivity contribution in [2.75, 3.05) is 19.8 Å². The van der Waals surface area contributed by atoms with Gasteiger partial charge in [0.05, 0.1) is 37.2 Å². The van der Waals surface area contributed by atoms with Gasteiger partial charge in [-0.1, -0.05) is 42.6 Å². The van der Waals surface area contributed by atoms with Crippen molar-refractivity contribution in [2.45, 2.75) is 81.5 Å². The molecule has 9 heteroatoms. The first-order valence-electron chi connectivity index (χ1n) is 11.1. The molecule has 1 spiro atoms. The number of unbranched alkanes of at least 4 members (excludes halogenated alkanes) is 2. The zero-order valence-electron chi connectivity index (χ0n) is 17.9. The Morgan fingerprint density at radius 1 is 1.37 bits per heavy atom. The van der Waals surface area contributed by atoms with Gasteiger partial charge in [0.15, 0.2) is 0 Å². The molecule has 0 aromatic heterocycles. The van der Waals surface area contributed by atoms with Crippen molar-refractivity contribution in [3.63, 3.8) is 0 Å². The fraction of sp³-hybridized carbons (Fsp3) is 0.857. The van der Waals surface area contributed by atoms with Crippen LogP contribution in [0.4, 0.5) is 0 Å². The Hall–Kier alpha value is -1.19. The van der Waals surface area contributed by atoms with E-state index in [9.17, 15) is 19.5 Å². The number of hydrogen-bond acceptors (Lipinski definition) is 6. The van der Waals surface area contributed by atoms with Gasteiger partial charge in [-0.3, -0.25) is 14.4 Å². The predicted octanol–water partition coefficient (Wildman–Crippen LogP) is 1.37. The fourth-order valence-electron chi connectivity index (χ4n) is 5.37. The number of fused-ring (bicyclic) bond motifs is 1. The summed E-state index contributed by atoms with van der Waals surface area (Å²) >= 11 is 3.60. The van der Waals surface area contributed by atoms with Crippen molar-refractivity contribution >= 4 is 33.7 Å². The Balaban J connectivity index is 1.97. The van der Waals surface area contributed by atoms with Crippen LogP contribution < -0.4 is 5.32 Å². The second kappa shape index (κ2) is 9.53. The molecule has 170 valence electrons. The number of rotatable bonds is 10. The summed E-state index contributed by atoms with van der Waals surface area (Å²) in [5.74, 6) is -2.58. The number of esters is 1. The average molecular weight is 489 g/mol. The van der Waals surface area contributed by atoms with Crippen molar-refractivity contribution in [2.24, 2.45) is 11.8 Å². The number of likely N-dealkylation sites (tertiary alicyclic amines) is 1. The molecule has 2 bridgehead atoms. The number of alkyl halides is 1. The number of ether oxygens (including phenoxy) is 2. The van der Waals surface area contributed by atoms with Crippen LogP contribution in [0.15, 0.2) is 0 Å². The third-order valence-corrected chi connectivity index (χ3v) is 7.53. The molecule has 3 saturated heterocycles. The highest BCUT2D eigenvalue weighted by atomic mass is 79.9. The van der Waals surface area contributed by atoms with Gasteiger partial charge in [0.25, 0.3) is 0 Å². The zero-order chi connectivity index (χ0) is 22.1. The first kappa shape index (κ1) is 23.5. The van der Waals surface area contributed by atoms with Crippen molar-refractivity contribution in [3.8, 4) is 0 Å². The van der Waals surface area contributed by atoms with Crippen LogP contribution in [0.1, 0.15) is 52.9 Å². The van der Waals surface area contributed by atoms with E-state index in [2.05, 4.69) is 28.2 Å². The first-order chi connectivity index (χ1) is 14.4. The molecule has 0 radical (unpaired) electrons. The van der Waals surface area contributed by atoms with Crippen LogP contribution in [0.2, 0.25) is 0 Å². The van der Waals surface area contributed by atoms with E-state index in [1.807, 2.05) is 6.92 Å². The van der Waals surface area contributed by atoms with Crippen LogP contribution in [0, 0.1) is 11.8 Å². The van der Waals surface area contributed by atoms with E-state index in [-0.39, 0.29) is 29.9 Å². The molecule has 0 aromatic carbocycles. The molecule has 2 N–H and O–H groups in total. The lowest BCUT2D eigenvalue weighted by molar-refractivity contribution is -0.155. The molecule has 2 amide bonds. The van der Waals surface area contributed by atoms with Crippen LogP contribution in [0.25, 0.3) is 0 Å². The summed E-state index contributed by atoms with van der Waals surface area (Å²) in [6, 6.07) is -1.39. The number of nitrogens with zero attached hydrogens (tertiary/aromatic N) is 1. The number of amides is 2. The first-order valence-corrected chi connectivity index (χ1v) is 12.0. The third-order valence-electron chi connectivity index (χ3n) is 6.69. The maximum absolute atomic E-state index is 13.6. The highest BCUT2D eigenvalue weighted by molar-refractivity contribution is 9.09. The predicted molar refractivity (Wildman–Crippen MR) is 113 cm³/mol. The number of nitrogens with one attached hydrogen (secondary N) is 1. The van der Waals surface area contributed by atoms with Gasteiger partial charge in [-0.15, -0.1) is 0 Å². The fourth-order valence-corrected chi connectivity index (χ4v) is 6.31. The molecule has 7 atom stereocenters. The normalized spacial score (nSPS) is 35.4. The summed E-state index contributed by atoms with van der Waals surface area (Å²) in [6.07, 6.45) is 3.33. The molecule has 3 heterocycles. The van der Waals surface area contributed by atoms with Crippen LogP contribution >= 0.6 is 15.9 Å². The summed E-state index contributed by atoms with van der Waals surface area (Å²) in [5, 5.41) is 12.9. The summed E-state index contributed by atoms with van der Waals surface area (Å²) in [6.45, 7) is 6.15. The Labute approximate surface area is 186 Å². The van der Waals surface area contributed by atoms with Gasteiger partial charge in [0, 0.05) is 11.4 Å². The van der Waals surface area contributed by atoms with Crippen molar-refractivity contribution in [3.05, 3.63) is 0 Å². The summed E-state index contributed by atoms with van der Waals surface area (Å²) in [4.78, 5) is 41.0. The number of aliphatic hydroxyl groups is 1. The van der Waals surface area contributed by atoms with Gasteiger partial charge in [0.2, 0.25) is 11.8 Å². The molecule has 3 unspecified atom stereocenters. The Morgan fingerprint density at radius 2 is 2.10 bits per heavy atom. The van der Waals surface area contributed by atoms with Crippen LogP contribution in [-0.4, -0.2) is 76.2 Å². The average Bonchev–Trinajstić information content (AvgIpc) is 3.30. The standard InChI is InChI=1S/C21H33BrN2O6/c1-4-7-8-9-23-18(26)17-21-10-13(22)16(30-21)14(20(28)29-6-3)15(21)19(27)24(17)12(5-2)11-25/h12-17,25H,4-11H2,1-3H3,(H,23,26)/t12-,13?,14-,15-,16-,17?,21?/m0/s1. The molecule has 3 aliphatic rings. The maximum atomic E-state index is 13.6. The highest BCUT2D eigenvalue weighted by Crippen LogP contribution is 2.60. The lowest BCUT2D eigenvalue weighted by atomic mass is 9.70. The second-order valence-corrected chi connectivity index (χ2v) is 9.58. The van der Waals surface area contributed by atoms with Crippen LogP contribution in [-0.2, 0) is 23.9 Å². The molecule has 0 aromatic rings. The summed E-state index contributed by atoms with van der Waals surface area (Å²) < 4.78 is 11.6. The molecule has 3 aliphatic heterocycles. The van der Waals surface area contributed by atoms with Gasteiger partial charge >= 0.3 is 5.97 Å². The molecule has 3 fully saturated rings. The van der Waals surface area contributed by atoms with E-state index in [0.29, 0.717) is 19.4 Å². The van der Waals surface area contributed by atoms with Gasteiger partial charge in [-0.2, -0.15) is 0 Å². The van der Waals surface area contributed by atoms with Crippen LogP contribution in [0.3, 0.4) is 0 Å². The maximum Gasteiger partial charge on any atom is 0.312 e. The number of carbonyl (C=O) groups is 3. The molecule has 3 rings (SSSR count). The lowest BCUT2D eigenvalue weighted by Crippen LogP contribution is -2.58. The van der Waals surface area contributed by atoms with Crippen LogP contribution in [0.5, 0.6) is 0 Å². The van der Waals surface area contributed by atoms with Gasteiger partial charge in [-0.05, 0) is 26.2 Å². The minimum Gasteiger partial charge on any atom is -0.466 e. The van der Waals surface area contributed by atoms with Gasteiger partial charge in [0.1, 0.15) is 11.6 Å². The Kier molecular flexibility index (Phi) is 7.45. The number of hydrogen-bond donors (Lipinski definition) is 2. The SMILES string of the molecule is CCCCCNC(=O)C1N([C@@H](CC)CO)C(=O)[C@@H]2[C@H](C(=O)OCC)[C@H]3OC12CC3Br. The summed E-state index contributed by atoms with van der Waals surface area (Å²) in [7, 11) is 0. The molecular formula is C21H33BrN2O6.